The Morgan fingerprint density at radius 2 is 2.42 bits per heavy atom. The molecule has 0 aliphatic heterocycles. The largest absolute Gasteiger partial charge is 0.481 e. The van der Waals surface area contributed by atoms with Gasteiger partial charge in [-0.15, -0.1) is 0 Å². The van der Waals surface area contributed by atoms with Crippen LogP contribution in [0.2, 0.25) is 0 Å². The lowest BCUT2D eigenvalue weighted by Gasteiger charge is -2.36. The Kier molecular flexibility index (Phi) is 4.08. The van der Waals surface area contributed by atoms with Gasteiger partial charge in [0.2, 0.25) is 5.88 Å². The normalized spacial score (nSPS) is 26.9. The van der Waals surface area contributed by atoms with Crippen molar-refractivity contribution in [3.63, 3.8) is 0 Å². The molecule has 2 rings (SSSR count). The second-order valence-corrected chi connectivity index (χ2v) is 5.64. The second-order valence-electron chi connectivity index (χ2n) is 5.64. The van der Waals surface area contributed by atoms with Gasteiger partial charge in [0.25, 0.3) is 0 Å². The molecule has 4 nitrogen and oxygen atoms in total. The standard InChI is InChI=1S/C15H21NO3/c1-11-5-3-7-15(9-11,14(17)18)10-12-6-4-8-16-13(12)19-2/h4,6,8,11H,3,5,7,9-10H2,1-2H3,(H,17,18). The van der Waals surface area contributed by atoms with Gasteiger partial charge in [-0.1, -0.05) is 25.8 Å². The van der Waals surface area contributed by atoms with E-state index in [0.717, 1.165) is 31.2 Å². The lowest BCUT2D eigenvalue weighted by molar-refractivity contribution is -0.152. The van der Waals surface area contributed by atoms with Gasteiger partial charge in [-0.05, 0) is 31.2 Å². The van der Waals surface area contributed by atoms with Crippen LogP contribution in [-0.4, -0.2) is 23.2 Å². The fraction of sp³-hybridized carbons (Fsp3) is 0.600. The van der Waals surface area contributed by atoms with Gasteiger partial charge in [0.15, 0.2) is 0 Å². The number of carboxylic acids is 1. The van der Waals surface area contributed by atoms with Crippen LogP contribution in [0.4, 0.5) is 0 Å². The quantitative estimate of drug-likeness (QED) is 0.907. The second kappa shape index (κ2) is 5.59. The fourth-order valence-electron chi connectivity index (χ4n) is 3.20. The predicted octanol–water partition coefficient (Wildman–Crippen LogP) is 2.91. The van der Waals surface area contributed by atoms with Crippen LogP contribution >= 0.6 is 0 Å². The summed E-state index contributed by atoms with van der Waals surface area (Å²) in [5.41, 5.74) is 0.232. The number of hydrogen-bond acceptors (Lipinski definition) is 3. The van der Waals surface area contributed by atoms with E-state index in [9.17, 15) is 9.90 Å². The van der Waals surface area contributed by atoms with Crippen LogP contribution in [0.5, 0.6) is 5.88 Å². The zero-order valence-electron chi connectivity index (χ0n) is 11.6. The third-order valence-corrected chi connectivity index (χ3v) is 4.12. The minimum absolute atomic E-state index is 0.465. The predicted molar refractivity (Wildman–Crippen MR) is 72.2 cm³/mol. The highest BCUT2D eigenvalue weighted by Crippen LogP contribution is 2.43. The van der Waals surface area contributed by atoms with Gasteiger partial charge < -0.3 is 9.84 Å². The van der Waals surface area contributed by atoms with Crippen molar-refractivity contribution in [2.24, 2.45) is 11.3 Å². The molecule has 0 bridgehead atoms. The fourth-order valence-corrected chi connectivity index (χ4v) is 3.20. The molecule has 0 saturated heterocycles. The van der Waals surface area contributed by atoms with Crippen molar-refractivity contribution < 1.29 is 14.6 Å². The number of aromatic nitrogens is 1. The summed E-state index contributed by atoms with van der Waals surface area (Å²) in [7, 11) is 1.57. The molecule has 19 heavy (non-hydrogen) atoms. The van der Waals surface area contributed by atoms with Crippen LogP contribution in [0, 0.1) is 11.3 Å². The Morgan fingerprint density at radius 3 is 3.05 bits per heavy atom. The number of nitrogens with zero attached hydrogens (tertiary/aromatic N) is 1. The molecular weight excluding hydrogens is 242 g/mol. The molecule has 2 atom stereocenters. The third-order valence-electron chi connectivity index (χ3n) is 4.12. The molecule has 1 aromatic rings. The zero-order valence-corrected chi connectivity index (χ0v) is 11.6. The Balaban J connectivity index is 2.28. The van der Waals surface area contributed by atoms with Gasteiger partial charge in [0.1, 0.15) is 0 Å². The monoisotopic (exact) mass is 263 g/mol. The highest BCUT2D eigenvalue weighted by atomic mass is 16.5. The van der Waals surface area contributed by atoms with Crippen LogP contribution in [0.25, 0.3) is 0 Å². The minimum atomic E-state index is -0.690. The van der Waals surface area contributed by atoms with E-state index in [-0.39, 0.29) is 0 Å². The average molecular weight is 263 g/mol. The van der Waals surface area contributed by atoms with Crippen molar-refractivity contribution in [1.82, 2.24) is 4.98 Å². The van der Waals surface area contributed by atoms with Crippen molar-refractivity contribution in [3.8, 4) is 5.88 Å². The first kappa shape index (κ1) is 13.8. The zero-order chi connectivity index (χ0) is 13.9. The molecule has 4 heteroatoms. The van der Waals surface area contributed by atoms with E-state index in [1.54, 1.807) is 13.3 Å². The highest BCUT2D eigenvalue weighted by Gasteiger charge is 2.42. The maximum atomic E-state index is 11.8. The molecule has 0 amide bonds. The SMILES string of the molecule is COc1ncccc1CC1(C(=O)O)CCCC(C)C1. The average Bonchev–Trinajstić information content (AvgIpc) is 2.39. The van der Waals surface area contributed by atoms with E-state index >= 15 is 0 Å². The number of rotatable bonds is 4. The van der Waals surface area contributed by atoms with Crippen LogP contribution in [-0.2, 0) is 11.2 Å². The smallest absolute Gasteiger partial charge is 0.309 e. The van der Waals surface area contributed by atoms with Gasteiger partial charge in [-0.25, -0.2) is 4.98 Å². The number of carbonyl (C=O) groups is 1. The minimum Gasteiger partial charge on any atom is -0.481 e. The number of methoxy groups -OCH3 is 1. The number of carboxylic acid groups (broad SMARTS) is 1. The van der Waals surface area contributed by atoms with Crippen LogP contribution in [0.1, 0.15) is 38.2 Å². The van der Waals surface area contributed by atoms with E-state index in [0.29, 0.717) is 18.2 Å². The summed E-state index contributed by atoms with van der Waals surface area (Å²) in [6, 6.07) is 3.75. The summed E-state index contributed by atoms with van der Waals surface area (Å²) in [5, 5.41) is 9.67. The van der Waals surface area contributed by atoms with E-state index in [1.807, 2.05) is 12.1 Å². The summed E-state index contributed by atoms with van der Waals surface area (Å²) < 4.78 is 5.23. The first-order valence-corrected chi connectivity index (χ1v) is 6.79. The first-order chi connectivity index (χ1) is 9.07. The van der Waals surface area contributed by atoms with Gasteiger partial charge in [-0.2, -0.15) is 0 Å². The van der Waals surface area contributed by atoms with E-state index < -0.39 is 11.4 Å². The lowest BCUT2D eigenvalue weighted by Crippen LogP contribution is -2.38. The topological polar surface area (TPSA) is 59.4 Å². The van der Waals surface area contributed by atoms with Crippen molar-refractivity contribution in [2.75, 3.05) is 7.11 Å². The number of hydrogen-bond donors (Lipinski definition) is 1. The molecule has 2 unspecified atom stereocenters. The molecule has 1 aliphatic carbocycles. The lowest BCUT2D eigenvalue weighted by atomic mass is 9.67. The van der Waals surface area contributed by atoms with Gasteiger partial charge >= 0.3 is 5.97 Å². The molecule has 1 aliphatic rings. The Labute approximate surface area is 113 Å². The summed E-state index contributed by atoms with van der Waals surface area (Å²) in [5.74, 6) is 0.318. The van der Waals surface area contributed by atoms with Gasteiger partial charge in [0.05, 0.1) is 12.5 Å². The summed E-state index contributed by atoms with van der Waals surface area (Å²) >= 11 is 0. The Hall–Kier alpha value is -1.58. The molecule has 1 saturated carbocycles. The first-order valence-electron chi connectivity index (χ1n) is 6.79. The molecule has 0 radical (unpaired) electrons. The Morgan fingerprint density at radius 1 is 1.63 bits per heavy atom. The third kappa shape index (κ3) is 2.88. The van der Waals surface area contributed by atoms with Crippen molar-refractivity contribution in [1.29, 1.82) is 0 Å². The van der Waals surface area contributed by atoms with E-state index in [4.69, 9.17) is 4.74 Å². The Bertz CT molecular complexity index is 460. The molecule has 1 fully saturated rings. The highest BCUT2D eigenvalue weighted by molar-refractivity contribution is 5.75. The van der Waals surface area contributed by atoms with Crippen molar-refractivity contribution >= 4 is 5.97 Å². The number of pyridine rings is 1. The molecule has 0 aromatic carbocycles. The summed E-state index contributed by atoms with van der Waals surface area (Å²) in [6.45, 7) is 2.14. The van der Waals surface area contributed by atoms with Gasteiger partial charge in [0, 0.05) is 11.8 Å². The number of ether oxygens (including phenoxy) is 1. The van der Waals surface area contributed by atoms with Crippen LogP contribution < -0.4 is 4.74 Å². The van der Waals surface area contributed by atoms with Crippen molar-refractivity contribution in [2.45, 2.75) is 39.0 Å². The maximum absolute atomic E-state index is 11.8. The summed E-state index contributed by atoms with van der Waals surface area (Å²) in [4.78, 5) is 15.9. The van der Waals surface area contributed by atoms with E-state index in [2.05, 4.69) is 11.9 Å². The molecule has 104 valence electrons. The van der Waals surface area contributed by atoms with E-state index in [1.165, 1.54) is 0 Å². The molecular formula is C15H21NO3. The molecule has 1 heterocycles. The molecule has 1 N–H and O–H groups in total. The molecule has 0 spiro atoms. The summed E-state index contributed by atoms with van der Waals surface area (Å²) in [6.07, 6.45) is 5.75. The van der Waals surface area contributed by atoms with Crippen LogP contribution in [0.3, 0.4) is 0 Å². The van der Waals surface area contributed by atoms with Crippen LogP contribution in [0.15, 0.2) is 18.3 Å². The molecule has 1 aromatic heterocycles. The number of aliphatic carboxylic acids is 1. The van der Waals surface area contributed by atoms with Gasteiger partial charge in [-0.3, -0.25) is 4.79 Å². The van der Waals surface area contributed by atoms with Crippen molar-refractivity contribution in [3.05, 3.63) is 23.9 Å². The maximum Gasteiger partial charge on any atom is 0.309 e.